The number of Topliss-reactive ketones (excluding diaryl/α,β-unsaturated/α-hetero) is 1. The zero-order chi connectivity index (χ0) is 44.8. The van der Waals surface area contributed by atoms with E-state index in [9.17, 15) is 48.6 Å². The van der Waals surface area contributed by atoms with Crippen LogP contribution in [-0.4, -0.2) is 128 Å². The molecule has 1 fully saturated rings. The molecule has 4 rings (SSSR count). The van der Waals surface area contributed by atoms with Gasteiger partial charge in [0, 0.05) is 56.5 Å². The van der Waals surface area contributed by atoms with Gasteiger partial charge in [-0.2, -0.15) is 4.98 Å². The van der Waals surface area contributed by atoms with E-state index in [1.165, 1.54) is 59.2 Å². The minimum Gasteiger partial charge on any atom is -0.480 e. The van der Waals surface area contributed by atoms with Crippen molar-refractivity contribution in [2.75, 3.05) is 43.3 Å². The number of carboxylic acid groups (broad SMARTS) is 2. The summed E-state index contributed by atoms with van der Waals surface area (Å²) >= 11 is 0. The molecule has 1 aliphatic rings. The Bertz CT molecular complexity index is 2140. The first-order valence-corrected chi connectivity index (χ1v) is 21.3. The highest BCUT2D eigenvalue weighted by molar-refractivity contribution is 8.76. The maximum absolute atomic E-state index is 13.3. The van der Waals surface area contributed by atoms with E-state index in [4.69, 9.17) is 15.2 Å². The molecule has 0 bridgehead atoms. The number of ketones is 1. The molecule has 1 saturated heterocycles. The second-order valence-corrected chi connectivity index (χ2v) is 16.6. The Labute approximate surface area is 356 Å². The minimum atomic E-state index is -1.75. The summed E-state index contributed by atoms with van der Waals surface area (Å²) in [5.74, 6) is -6.11. The zero-order valence-electron chi connectivity index (χ0n) is 33.6. The number of ether oxygens (including phenoxy) is 2. The number of amides is 4. The molecule has 1 aliphatic heterocycles. The first-order valence-electron chi connectivity index (χ1n) is 18.8. The van der Waals surface area contributed by atoms with E-state index < -0.39 is 78.6 Å². The number of nitrogens with zero attached hydrogens (tertiary/aromatic N) is 3. The molecular formula is C37H48N10O12S2. The summed E-state index contributed by atoms with van der Waals surface area (Å²) < 4.78 is 11.5. The lowest BCUT2D eigenvalue weighted by Crippen LogP contribution is -2.56. The van der Waals surface area contributed by atoms with E-state index in [2.05, 4.69) is 46.5 Å². The Morgan fingerprint density at radius 2 is 1.67 bits per heavy atom. The third-order valence-electron chi connectivity index (χ3n) is 9.80. The van der Waals surface area contributed by atoms with E-state index in [1.807, 2.05) is 6.92 Å². The van der Waals surface area contributed by atoms with Crippen molar-refractivity contribution in [2.45, 2.75) is 64.1 Å². The predicted molar refractivity (Wildman–Crippen MR) is 223 cm³/mol. The molecule has 4 amide bonds. The van der Waals surface area contributed by atoms with Gasteiger partial charge >= 0.3 is 11.9 Å². The molecule has 330 valence electrons. The highest BCUT2D eigenvalue weighted by Gasteiger charge is 2.45. The van der Waals surface area contributed by atoms with Gasteiger partial charge in [0.15, 0.2) is 17.5 Å². The molecule has 24 heteroatoms. The Balaban J connectivity index is 1.25. The fourth-order valence-electron chi connectivity index (χ4n) is 6.21. The number of hydrogen-bond acceptors (Lipinski definition) is 17. The number of nitrogens with one attached hydrogen (secondary N) is 6. The van der Waals surface area contributed by atoms with Crippen molar-refractivity contribution >= 4 is 85.7 Å². The van der Waals surface area contributed by atoms with Crippen molar-refractivity contribution in [3.63, 3.8) is 0 Å². The van der Waals surface area contributed by atoms with Gasteiger partial charge in [0.1, 0.15) is 24.0 Å². The number of aromatic amines is 1. The molecule has 0 saturated carbocycles. The second kappa shape index (κ2) is 22.7. The van der Waals surface area contributed by atoms with Gasteiger partial charge < -0.3 is 52.0 Å². The van der Waals surface area contributed by atoms with Crippen molar-refractivity contribution in [1.82, 2.24) is 41.2 Å². The van der Waals surface area contributed by atoms with Gasteiger partial charge in [-0.15, -0.1) is 0 Å². The van der Waals surface area contributed by atoms with E-state index in [1.54, 1.807) is 14.0 Å². The lowest BCUT2D eigenvalue weighted by atomic mass is 9.75. The van der Waals surface area contributed by atoms with Gasteiger partial charge in [-0.1, -0.05) is 35.4 Å². The number of aromatic nitrogens is 4. The number of aliphatic carboxylic acids is 2. The summed E-state index contributed by atoms with van der Waals surface area (Å²) in [7, 11) is 5.69. The van der Waals surface area contributed by atoms with Crippen LogP contribution in [0.25, 0.3) is 11.2 Å². The Kier molecular flexibility index (Phi) is 17.8. The van der Waals surface area contributed by atoms with Crippen LogP contribution in [0, 0.1) is 17.8 Å². The Morgan fingerprint density at radius 1 is 0.967 bits per heavy atom. The number of carboxylic acids is 2. The van der Waals surface area contributed by atoms with E-state index in [-0.39, 0.29) is 71.3 Å². The summed E-state index contributed by atoms with van der Waals surface area (Å²) in [4.78, 5) is 114. The summed E-state index contributed by atoms with van der Waals surface area (Å²) in [5.41, 5.74) is 6.06. The summed E-state index contributed by atoms with van der Waals surface area (Å²) in [5, 5.41) is 32.0. The summed E-state index contributed by atoms with van der Waals surface area (Å²) in [6, 6.07) is 2.44. The van der Waals surface area contributed by atoms with Crippen molar-refractivity contribution in [2.24, 2.45) is 17.8 Å². The number of rotatable bonds is 22. The van der Waals surface area contributed by atoms with Crippen LogP contribution in [-0.2, 0) is 44.8 Å². The largest absolute Gasteiger partial charge is 0.480 e. The van der Waals surface area contributed by atoms with Crippen LogP contribution in [0.5, 0.6) is 0 Å². The molecule has 0 radical (unpaired) electrons. The minimum absolute atomic E-state index is 0.00289. The van der Waals surface area contributed by atoms with E-state index in [0.717, 1.165) is 0 Å². The first kappa shape index (κ1) is 47.8. The number of benzene rings is 1. The van der Waals surface area contributed by atoms with Gasteiger partial charge in [-0.3, -0.25) is 33.8 Å². The average Bonchev–Trinajstić information content (AvgIpc) is 3.22. The molecular weight excluding hydrogens is 841 g/mol. The molecule has 0 aliphatic carbocycles. The zero-order valence-corrected chi connectivity index (χ0v) is 35.2. The number of anilines is 2. The number of H-pyrrole nitrogens is 1. The van der Waals surface area contributed by atoms with Gasteiger partial charge in [0.05, 0.1) is 30.6 Å². The fourth-order valence-corrected chi connectivity index (χ4v) is 8.15. The number of hydrogen-bond donors (Lipinski definition) is 9. The van der Waals surface area contributed by atoms with Crippen LogP contribution in [0.15, 0.2) is 35.3 Å². The van der Waals surface area contributed by atoms with E-state index >= 15 is 0 Å². The lowest BCUT2D eigenvalue weighted by molar-refractivity contribution is -0.238. The monoisotopic (exact) mass is 888 g/mol. The van der Waals surface area contributed by atoms with Crippen molar-refractivity contribution in [1.29, 1.82) is 0 Å². The SMILES string of the molecule is CNC(=O)CSSCCC(=O)CC1[C@H](OC)OC(C(=O)NC[C@H](NC(=O)C[C@H](NC(=O)c2ccc(NCc3cnc4nc(N)[nH]c(=O)c4n3)cc2)C(=O)O)C(=O)O)[C@H](C)[C@@H]1C. The first-order chi connectivity index (χ1) is 29.0. The average molecular weight is 889 g/mol. The van der Waals surface area contributed by atoms with Crippen LogP contribution in [0.1, 0.15) is 49.2 Å². The van der Waals surface area contributed by atoms with Gasteiger partial charge in [0.25, 0.3) is 11.5 Å². The molecule has 3 heterocycles. The van der Waals surface area contributed by atoms with Crippen LogP contribution in [0.2, 0.25) is 0 Å². The standard InChI is InChI=1S/C37H48N10O12S2/c1-17-18(2)29(59-36(58-4)23(17)11-22(48)9-10-60-61-16-27(50)39-3)33(53)42-15-25(35(56)57)44-26(49)12-24(34(54)55)45-31(51)19-5-7-20(8-6-19)40-13-21-14-41-30-28(43-21)32(52)47-37(38)46-30/h5-8,14,17-18,23-25,29,36,40H,9-13,15-16H2,1-4H3,(H,39,50)(H,42,53)(H,44,49)(H,45,51)(H,54,55)(H,56,57)(H3,38,41,46,47,52)/t17-,18+,23?,24-,25-,29?,36+/m0/s1. The second-order valence-electron chi connectivity index (χ2n) is 14.0. The van der Waals surface area contributed by atoms with Crippen LogP contribution in [0.3, 0.4) is 0 Å². The fraction of sp³-hybridized carbons (Fsp3) is 0.486. The number of nitrogens with two attached hydrogens (primary N) is 1. The number of methoxy groups -OCH3 is 1. The summed E-state index contributed by atoms with van der Waals surface area (Å²) in [6.45, 7) is 3.18. The maximum atomic E-state index is 13.3. The number of fused-ring (bicyclic) bond motifs is 1. The Hall–Kier alpha value is -5.85. The molecule has 2 unspecified atom stereocenters. The van der Waals surface area contributed by atoms with Crippen LogP contribution < -0.4 is 37.9 Å². The topological polar surface area (TPSA) is 336 Å². The number of carbonyl (C=O) groups is 7. The molecule has 3 aromatic rings. The predicted octanol–water partition coefficient (Wildman–Crippen LogP) is -0.0975. The summed E-state index contributed by atoms with van der Waals surface area (Å²) in [6.07, 6.45) is -1.02. The molecule has 7 atom stereocenters. The van der Waals surface area contributed by atoms with Gasteiger partial charge in [-0.25, -0.2) is 19.6 Å². The third kappa shape index (κ3) is 13.8. The Morgan fingerprint density at radius 3 is 2.33 bits per heavy atom. The lowest BCUT2D eigenvalue weighted by Gasteiger charge is -2.43. The highest BCUT2D eigenvalue weighted by atomic mass is 33.1. The quantitative estimate of drug-likeness (QED) is 0.0470. The van der Waals surface area contributed by atoms with Crippen LogP contribution >= 0.6 is 21.6 Å². The molecule has 22 nitrogen and oxygen atoms in total. The molecule has 2 aromatic heterocycles. The third-order valence-corrected chi connectivity index (χ3v) is 12.1. The van der Waals surface area contributed by atoms with Gasteiger partial charge in [0.2, 0.25) is 23.7 Å². The molecule has 61 heavy (non-hydrogen) atoms. The van der Waals surface area contributed by atoms with Crippen molar-refractivity contribution in [3.8, 4) is 0 Å². The molecule has 10 N–H and O–H groups in total. The van der Waals surface area contributed by atoms with Crippen LogP contribution in [0.4, 0.5) is 11.6 Å². The van der Waals surface area contributed by atoms with Crippen molar-refractivity contribution in [3.05, 3.63) is 52.1 Å². The molecule has 1 aromatic carbocycles. The van der Waals surface area contributed by atoms with E-state index in [0.29, 0.717) is 17.1 Å². The molecule has 0 spiro atoms. The normalized spacial score (nSPS) is 19.5. The maximum Gasteiger partial charge on any atom is 0.328 e. The number of carbonyl (C=O) groups excluding carboxylic acids is 5. The van der Waals surface area contributed by atoms with Gasteiger partial charge in [-0.05, 0) is 36.1 Å². The number of nitrogen functional groups attached to an aromatic ring is 1. The smallest absolute Gasteiger partial charge is 0.328 e. The highest BCUT2D eigenvalue weighted by Crippen LogP contribution is 2.38. The van der Waals surface area contributed by atoms with Crippen molar-refractivity contribution < 1.29 is 53.2 Å².